The third-order valence-electron chi connectivity index (χ3n) is 4.60. The van der Waals surface area contributed by atoms with Gasteiger partial charge in [-0.05, 0) is 43.3 Å². The van der Waals surface area contributed by atoms with Crippen LogP contribution in [0.3, 0.4) is 0 Å². The Hall–Kier alpha value is -2.71. The van der Waals surface area contributed by atoms with Crippen LogP contribution in [-0.4, -0.2) is 55.6 Å². The average Bonchev–Trinajstić information content (AvgIpc) is 2.68. The largest absolute Gasteiger partial charge is 0.366 e. The highest BCUT2D eigenvalue weighted by molar-refractivity contribution is 7.89. The van der Waals surface area contributed by atoms with Gasteiger partial charge in [-0.25, -0.2) is 8.42 Å². The minimum Gasteiger partial charge on any atom is -0.366 e. The first-order valence-corrected chi connectivity index (χ1v) is 9.99. The molecule has 0 aliphatic carbocycles. The summed E-state index contributed by atoms with van der Waals surface area (Å²) < 4.78 is 26.9. The third-order valence-corrected chi connectivity index (χ3v) is 6.51. The van der Waals surface area contributed by atoms with E-state index in [1.54, 1.807) is 17.0 Å². The van der Waals surface area contributed by atoms with Gasteiger partial charge < -0.3 is 10.6 Å². The summed E-state index contributed by atoms with van der Waals surface area (Å²) in [6, 6.07) is 12.9. The summed E-state index contributed by atoms with van der Waals surface area (Å²) in [6.07, 6.45) is 0. The van der Waals surface area contributed by atoms with Gasteiger partial charge in [-0.2, -0.15) is 4.31 Å². The standard InChI is InChI=1S/C19H21N3O4S/c1-14-2-4-16(5-3-14)19(24)21-10-12-22(13-11-21)27(25,26)17-8-6-15(7-9-17)18(20)23/h2-9H,10-13H2,1H3,(H2,20,23). The number of aryl methyl sites for hydroxylation is 1. The van der Waals surface area contributed by atoms with Gasteiger partial charge in [0, 0.05) is 37.3 Å². The predicted molar refractivity (Wildman–Crippen MR) is 101 cm³/mol. The number of benzene rings is 2. The molecule has 2 aromatic carbocycles. The maximum Gasteiger partial charge on any atom is 0.253 e. The van der Waals surface area contributed by atoms with E-state index in [0.29, 0.717) is 18.7 Å². The molecule has 27 heavy (non-hydrogen) atoms. The van der Waals surface area contributed by atoms with Gasteiger partial charge in [-0.15, -0.1) is 0 Å². The summed E-state index contributed by atoms with van der Waals surface area (Å²) in [6.45, 7) is 3.04. The van der Waals surface area contributed by atoms with Crippen molar-refractivity contribution in [2.45, 2.75) is 11.8 Å². The topological polar surface area (TPSA) is 101 Å². The molecule has 142 valence electrons. The van der Waals surface area contributed by atoms with Crippen molar-refractivity contribution < 1.29 is 18.0 Å². The lowest BCUT2D eigenvalue weighted by atomic mass is 10.1. The molecule has 1 heterocycles. The van der Waals surface area contributed by atoms with Crippen molar-refractivity contribution in [3.8, 4) is 0 Å². The van der Waals surface area contributed by atoms with Crippen LogP contribution in [0.4, 0.5) is 0 Å². The smallest absolute Gasteiger partial charge is 0.253 e. The Bertz CT molecular complexity index is 945. The molecule has 0 radical (unpaired) electrons. The molecule has 2 N–H and O–H groups in total. The maximum atomic E-state index is 12.8. The molecule has 0 saturated carbocycles. The van der Waals surface area contributed by atoms with Gasteiger partial charge in [0.25, 0.3) is 5.91 Å². The monoisotopic (exact) mass is 387 g/mol. The first-order valence-electron chi connectivity index (χ1n) is 8.55. The SMILES string of the molecule is Cc1ccc(C(=O)N2CCN(S(=O)(=O)c3ccc(C(N)=O)cc3)CC2)cc1. The molecule has 0 bridgehead atoms. The van der Waals surface area contributed by atoms with Gasteiger partial charge in [-0.3, -0.25) is 9.59 Å². The molecule has 7 nitrogen and oxygen atoms in total. The second-order valence-corrected chi connectivity index (χ2v) is 8.39. The minimum atomic E-state index is -3.68. The quantitative estimate of drug-likeness (QED) is 0.853. The molecule has 1 fully saturated rings. The normalized spacial score (nSPS) is 15.5. The van der Waals surface area contributed by atoms with Crippen molar-refractivity contribution in [2.24, 2.45) is 5.73 Å². The fourth-order valence-corrected chi connectivity index (χ4v) is 4.37. The molecule has 0 spiro atoms. The van der Waals surface area contributed by atoms with Gasteiger partial charge in [0.2, 0.25) is 15.9 Å². The van der Waals surface area contributed by atoms with Crippen LogP contribution in [0.15, 0.2) is 53.4 Å². The van der Waals surface area contributed by atoms with Crippen molar-refractivity contribution in [1.29, 1.82) is 0 Å². The van der Waals surface area contributed by atoms with Gasteiger partial charge in [0.1, 0.15) is 0 Å². The summed E-state index contributed by atoms with van der Waals surface area (Å²) in [5.41, 5.74) is 7.10. The number of hydrogen-bond donors (Lipinski definition) is 1. The van der Waals surface area contributed by atoms with Crippen LogP contribution < -0.4 is 5.73 Å². The summed E-state index contributed by atoms with van der Waals surface area (Å²) in [5, 5.41) is 0. The second-order valence-electron chi connectivity index (χ2n) is 6.45. The number of nitrogens with zero attached hydrogens (tertiary/aromatic N) is 2. The van der Waals surface area contributed by atoms with Crippen LogP contribution in [0.1, 0.15) is 26.3 Å². The van der Waals surface area contributed by atoms with E-state index in [4.69, 9.17) is 5.73 Å². The van der Waals surface area contributed by atoms with E-state index in [-0.39, 0.29) is 29.5 Å². The number of nitrogens with two attached hydrogens (primary N) is 1. The molecule has 3 rings (SSSR count). The number of primary amides is 1. The lowest BCUT2D eigenvalue weighted by Crippen LogP contribution is -2.50. The van der Waals surface area contributed by atoms with Crippen LogP contribution in [-0.2, 0) is 10.0 Å². The van der Waals surface area contributed by atoms with Gasteiger partial charge in [0.05, 0.1) is 4.90 Å². The summed E-state index contributed by atoms with van der Waals surface area (Å²) in [5.74, 6) is -0.708. The first kappa shape index (κ1) is 19.1. The van der Waals surface area contributed by atoms with E-state index in [9.17, 15) is 18.0 Å². The number of sulfonamides is 1. The number of piperazine rings is 1. The summed E-state index contributed by atoms with van der Waals surface area (Å²) in [7, 11) is -3.68. The number of amides is 2. The Labute approximate surface area is 158 Å². The average molecular weight is 387 g/mol. The van der Waals surface area contributed by atoms with E-state index in [2.05, 4.69) is 0 Å². The van der Waals surface area contributed by atoms with E-state index < -0.39 is 15.9 Å². The molecule has 2 amide bonds. The Morgan fingerprint density at radius 3 is 1.89 bits per heavy atom. The highest BCUT2D eigenvalue weighted by Gasteiger charge is 2.30. The van der Waals surface area contributed by atoms with E-state index in [1.807, 2.05) is 19.1 Å². The zero-order valence-corrected chi connectivity index (χ0v) is 15.8. The molecular weight excluding hydrogens is 366 g/mol. The fraction of sp³-hybridized carbons (Fsp3) is 0.263. The molecule has 1 aliphatic heterocycles. The van der Waals surface area contributed by atoms with Crippen LogP contribution in [0.25, 0.3) is 0 Å². The Morgan fingerprint density at radius 1 is 0.852 bits per heavy atom. The number of hydrogen-bond acceptors (Lipinski definition) is 4. The van der Waals surface area contributed by atoms with Crippen molar-refractivity contribution in [3.05, 3.63) is 65.2 Å². The number of rotatable bonds is 4. The van der Waals surface area contributed by atoms with Crippen molar-refractivity contribution in [2.75, 3.05) is 26.2 Å². The van der Waals surface area contributed by atoms with Crippen LogP contribution in [0.5, 0.6) is 0 Å². The molecule has 0 aromatic heterocycles. The molecule has 8 heteroatoms. The minimum absolute atomic E-state index is 0.0992. The van der Waals surface area contributed by atoms with Gasteiger partial charge in [-0.1, -0.05) is 17.7 Å². The molecular formula is C19H21N3O4S. The van der Waals surface area contributed by atoms with Gasteiger partial charge >= 0.3 is 0 Å². The Morgan fingerprint density at radius 2 is 1.37 bits per heavy atom. The van der Waals surface area contributed by atoms with Crippen molar-refractivity contribution >= 4 is 21.8 Å². The van der Waals surface area contributed by atoms with Gasteiger partial charge in [0.15, 0.2) is 0 Å². The van der Waals surface area contributed by atoms with Crippen molar-refractivity contribution in [3.63, 3.8) is 0 Å². The number of carbonyl (C=O) groups is 2. The predicted octanol–water partition coefficient (Wildman–Crippen LogP) is 1.24. The Kier molecular flexibility index (Phi) is 5.29. The van der Waals surface area contributed by atoms with Crippen LogP contribution in [0, 0.1) is 6.92 Å². The molecule has 0 unspecified atom stereocenters. The third kappa shape index (κ3) is 4.01. The zero-order chi connectivity index (χ0) is 19.6. The second kappa shape index (κ2) is 7.50. The van der Waals surface area contributed by atoms with Crippen LogP contribution in [0.2, 0.25) is 0 Å². The fourth-order valence-electron chi connectivity index (χ4n) is 2.95. The number of carbonyl (C=O) groups excluding carboxylic acids is 2. The lowest BCUT2D eigenvalue weighted by Gasteiger charge is -2.34. The molecule has 0 atom stereocenters. The summed E-state index contributed by atoms with van der Waals surface area (Å²) in [4.78, 5) is 25.4. The molecule has 2 aromatic rings. The first-order chi connectivity index (χ1) is 12.8. The summed E-state index contributed by atoms with van der Waals surface area (Å²) >= 11 is 0. The Balaban J connectivity index is 1.68. The lowest BCUT2D eigenvalue weighted by molar-refractivity contribution is 0.0697. The highest BCUT2D eigenvalue weighted by atomic mass is 32.2. The van der Waals surface area contributed by atoms with E-state index in [0.717, 1.165) is 5.56 Å². The highest BCUT2D eigenvalue weighted by Crippen LogP contribution is 2.19. The van der Waals surface area contributed by atoms with Crippen molar-refractivity contribution in [1.82, 2.24) is 9.21 Å². The molecule has 1 aliphatic rings. The maximum absolute atomic E-state index is 12.8. The zero-order valence-electron chi connectivity index (χ0n) is 15.0. The van der Waals surface area contributed by atoms with Crippen LogP contribution >= 0.6 is 0 Å². The van der Waals surface area contributed by atoms with E-state index >= 15 is 0 Å². The van der Waals surface area contributed by atoms with E-state index in [1.165, 1.54) is 28.6 Å². The molecule has 1 saturated heterocycles.